The lowest BCUT2D eigenvalue weighted by molar-refractivity contribution is 1.48. The van der Waals surface area contributed by atoms with Gasteiger partial charge in [0.15, 0.2) is 0 Å². The highest BCUT2D eigenvalue weighted by Crippen LogP contribution is 2.49. The first-order chi connectivity index (χ1) is 40.7. The summed E-state index contributed by atoms with van der Waals surface area (Å²) in [7, 11) is 0. The van der Waals surface area contributed by atoms with E-state index in [1.54, 1.807) is 0 Å². The minimum Gasteiger partial charge on any atom is -0.0616 e. The fraction of sp³-hybridized carbons (Fsp3) is 0.0602. The van der Waals surface area contributed by atoms with E-state index >= 15 is 0 Å². The Bertz CT molecular complexity index is 5280. The predicted octanol–water partition coefficient (Wildman–Crippen LogP) is 23.7. The van der Waals surface area contributed by atoms with Gasteiger partial charge in [-0.05, 0) is 204 Å². The standard InChI is InChI=1S/4C17H12.C15H12/c1-11-10-14-6-2-4-12-8-9-13-5-3-7-15(11)17(13)16(12)14;1-11-8-9-13-14-6-2-4-12-5-3-7-15(17(12)14)16(13)10-11;1-11-9-10-16-14-6-3-2-5-13(14)15-8-4-7-12(11)17(15)16;1-11-5-6-14-8-7-12-3-2-4-13-9-10-15(11)17(14)16(12)13;1-11-6-9-15-13(10-11)8-7-12-4-2-3-5-14(12)15/h4*2-10H,1H3;2-10H,1H3. The average molecular weight is 1060 g/mol. The largest absolute Gasteiger partial charge is 0.0616 e. The van der Waals surface area contributed by atoms with Crippen molar-refractivity contribution in [1.82, 2.24) is 0 Å². The third-order valence-electron chi connectivity index (χ3n) is 17.8. The highest BCUT2D eigenvalue weighted by Gasteiger charge is 2.22. The average Bonchev–Trinajstić information content (AvgIpc) is 4.24. The summed E-state index contributed by atoms with van der Waals surface area (Å²) in [6.45, 7) is 10.9. The Balaban J connectivity index is 0.0000000886. The van der Waals surface area contributed by atoms with Crippen molar-refractivity contribution >= 4 is 108 Å². The second-order valence-electron chi connectivity index (χ2n) is 23.0. The summed E-state index contributed by atoms with van der Waals surface area (Å²) in [6, 6.07) is 99.0. The molecule has 0 nitrogen and oxygen atoms in total. The van der Waals surface area contributed by atoms with Crippen LogP contribution in [0.15, 0.2) is 273 Å². The molecule has 0 atom stereocenters. The second kappa shape index (κ2) is 20.1. The molecular weight excluding hydrogens is 997 g/mol. The summed E-state index contributed by atoms with van der Waals surface area (Å²) in [6.07, 6.45) is 0. The predicted molar refractivity (Wildman–Crippen MR) is 362 cm³/mol. The molecule has 17 aromatic carbocycles. The van der Waals surface area contributed by atoms with Crippen LogP contribution in [0.25, 0.3) is 152 Å². The molecule has 19 rings (SSSR count). The Kier molecular flexibility index (Phi) is 12.1. The third-order valence-corrected chi connectivity index (χ3v) is 17.8. The zero-order chi connectivity index (χ0) is 55.9. The van der Waals surface area contributed by atoms with Gasteiger partial charge in [-0.15, -0.1) is 0 Å². The molecule has 17 aromatic rings. The summed E-state index contributed by atoms with van der Waals surface area (Å²) < 4.78 is 0. The Morgan fingerprint density at radius 1 is 0.157 bits per heavy atom. The van der Waals surface area contributed by atoms with E-state index in [2.05, 4.69) is 308 Å². The van der Waals surface area contributed by atoms with Crippen LogP contribution in [0.4, 0.5) is 0 Å². The van der Waals surface area contributed by atoms with Gasteiger partial charge in [0.05, 0.1) is 0 Å². The van der Waals surface area contributed by atoms with Gasteiger partial charge in [0.25, 0.3) is 0 Å². The molecule has 2 aliphatic rings. The van der Waals surface area contributed by atoms with E-state index in [1.807, 2.05) is 0 Å². The van der Waals surface area contributed by atoms with Crippen molar-refractivity contribution in [2.75, 3.05) is 0 Å². The molecule has 0 fully saturated rings. The van der Waals surface area contributed by atoms with E-state index in [1.165, 1.54) is 180 Å². The monoisotopic (exact) mass is 1060 g/mol. The quantitative estimate of drug-likeness (QED) is 0.133. The Labute approximate surface area is 484 Å². The number of rotatable bonds is 0. The van der Waals surface area contributed by atoms with Gasteiger partial charge in [-0.2, -0.15) is 0 Å². The lowest BCUT2D eigenvalue weighted by Gasteiger charge is -2.12. The van der Waals surface area contributed by atoms with Gasteiger partial charge in [-0.1, -0.05) is 284 Å². The molecule has 0 bridgehead atoms. The number of fused-ring (bicyclic) bond motifs is 9. The molecule has 0 spiro atoms. The zero-order valence-corrected chi connectivity index (χ0v) is 47.5. The van der Waals surface area contributed by atoms with Crippen LogP contribution < -0.4 is 0 Å². The maximum atomic E-state index is 2.30. The van der Waals surface area contributed by atoms with Crippen molar-refractivity contribution in [3.05, 3.63) is 301 Å². The van der Waals surface area contributed by atoms with Gasteiger partial charge >= 0.3 is 0 Å². The molecular formula is C83H60. The van der Waals surface area contributed by atoms with E-state index in [0.717, 1.165) is 0 Å². The van der Waals surface area contributed by atoms with Gasteiger partial charge in [0.1, 0.15) is 0 Å². The molecule has 392 valence electrons. The molecule has 0 amide bonds. The van der Waals surface area contributed by atoms with Crippen LogP contribution in [0.1, 0.15) is 27.8 Å². The Hall–Kier alpha value is -10.1. The van der Waals surface area contributed by atoms with E-state index < -0.39 is 0 Å². The minimum absolute atomic E-state index is 1.31. The number of hydrogen-bond acceptors (Lipinski definition) is 0. The van der Waals surface area contributed by atoms with Crippen LogP contribution in [-0.2, 0) is 0 Å². The second-order valence-corrected chi connectivity index (χ2v) is 23.0. The molecule has 0 radical (unpaired) electrons. The number of aryl methyl sites for hydroxylation is 5. The SMILES string of the molecule is Cc1cc2cccc3ccc4cccc1c4c32.Cc1ccc2c(c1)-c1cccc3cccc-2c13.Cc1ccc2c(ccc3ccccc32)c1.Cc1ccc2c3c(cccc13)-c1ccccc1-2.Cc1ccc2ccc3cccc4ccc1c2c34. The van der Waals surface area contributed by atoms with Gasteiger partial charge in [-0.3, -0.25) is 0 Å². The van der Waals surface area contributed by atoms with Crippen LogP contribution in [-0.4, -0.2) is 0 Å². The summed E-state index contributed by atoms with van der Waals surface area (Å²) in [5.74, 6) is 0. The molecule has 0 heterocycles. The third kappa shape index (κ3) is 8.44. The summed E-state index contributed by atoms with van der Waals surface area (Å²) in [5.41, 5.74) is 17.8. The van der Waals surface area contributed by atoms with E-state index in [-0.39, 0.29) is 0 Å². The maximum Gasteiger partial charge on any atom is -0.00237 e. The highest BCUT2D eigenvalue weighted by molar-refractivity contribution is 6.25. The van der Waals surface area contributed by atoms with Crippen molar-refractivity contribution in [3.63, 3.8) is 0 Å². The van der Waals surface area contributed by atoms with Gasteiger partial charge in [0.2, 0.25) is 0 Å². The van der Waals surface area contributed by atoms with Crippen LogP contribution in [0.3, 0.4) is 0 Å². The van der Waals surface area contributed by atoms with Crippen molar-refractivity contribution in [3.8, 4) is 44.5 Å². The van der Waals surface area contributed by atoms with Gasteiger partial charge < -0.3 is 0 Å². The van der Waals surface area contributed by atoms with Crippen molar-refractivity contribution in [2.45, 2.75) is 34.6 Å². The molecule has 0 saturated heterocycles. The lowest BCUT2D eigenvalue weighted by Crippen LogP contribution is -1.85. The summed E-state index contributed by atoms with van der Waals surface area (Å²) in [5, 5.41) is 27.4. The van der Waals surface area contributed by atoms with Crippen LogP contribution >= 0.6 is 0 Å². The van der Waals surface area contributed by atoms with Crippen molar-refractivity contribution in [1.29, 1.82) is 0 Å². The van der Waals surface area contributed by atoms with Crippen LogP contribution in [0, 0.1) is 34.6 Å². The van der Waals surface area contributed by atoms with Crippen molar-refractivity contribution in [2.24, 2.45) is 0 Å². The first-order valence-electron chi connectivity index (χ1n) is 29.1. The number of hydrogen-bond donors (Lipinski definition) is 0. The van der Waals surface area contributed by atoms with E-state index in [9.17, 15) is 0 Å². The fourth-order valence-corrected chi connectivity index (χ4v) is 13.8. The first-order valence-corrected chi connectivity index (χ1v) is 29.1. The van der Waals surface area contributed by atoms with E-state index in [0.29, 0.717) is 0 Å². The molecule has 0 aromatic heterocycles. The van der Waals surface area contributed by atoms with Crippen molar-refractivity contribution < 1.29 is 0 Å². The summed E-state index contributed by atoms with van der Waals surface area (Å²) >= 11 is 0. The molecule has 0 heteroatoms. The van der Waals surface area contributed by atoms with Crippen LogP contribution in [0.5, 0.6) is 0 Å². The topological polar surface area (TPSA) is 0 Å². The normalized spacial score (nSPS) is 11.7. The minimum atomic E-state index is 1.31. The smallest absolute Gasteiger partial charge is 0.00237 e. The molecule has 83 heavy (non-hydrogen) atoms. The Morgan fingerprint density at radius 3 is 1.20 bits per heavy atom. The molecule has 0 aliphatic heterocycles. The van der Waals surface area contributed by atoms with Gasteiger partial charge in [-0.25, -0.2) is 0 Å². The van der Waals surface area contributed by atoms with Gasteiger partial charge in [0, 0.05) is 0 Å². The fourth-order valence-electron chi connectivity index (χ4n) is 13.8. The lowest BCUT2D eigenvalue weighted by atomic mass is 9.92. The Morgan fingerprint density at radius 2 is 0.506 bits per heavy atom. The van der Waals surface area contributed by atoms with E-state index in [4.69, 9.17) is 0 Å². The highest BCUT2D eigenvalue weighted by atomic mass is 14.3. The molecule has 0 N–H and O–H groups in total. The zero-order valence-electron chi connectivity index (χ0n) is 47.5. The first kappa shape index (κ1) is 49.9. The van der Waals surface area contributed by atoms with Crippen LogP contribution in [0.2, 0.25) is 0 Å². The molecule has 2 aliphatic carbocycles. The summed E-state index contributed by atoms with van der Waals surface area (Å²) in [4.78, 5) is 0. The number of benzene rings is 17. The molecule has 0 saturated carbocycles. The maximum absolute atomic E-state index is 2.30. The molecule has 0 unspecified atom stereocenters.